The van der Waals surface area contributed by atoms with E-state index in [1.165, 1.54) is 0 Å². The van der Waals surface area contributed by atoms with Crippen molar-refractivity contribution in [2.75, 3.05) is 30.9 Å². The lowest BCUT2D eigenvalue weighted by molar-refractivity contribution is 0.270. The highest BCUT2D eigenvalue weighted by molar-refractivity contribution is 6.30. The molecule has 0 aromatic carbocycles. The third kappa shape index (κ3) is 3.08. The van der Waals surface area contributed by atoms with Gasteiger partial charge in [0.15, 0.2) is 0 Å². The highest BCUT2D eigenvalue weighted by atomic mass is 35.5. The second-order valence-corrected chi connectivity index (χ2v) is 6.27. The molecule has 0 bridgehead atoms. The fraction of sp³-hybridized carbons (Fsp3) is 0.438. The molecule has 1 aliphatic heterocycles. The molecular formula is C16H20ClN5O3. The maximum Gasteiger partial charge on any atom is 0.223 e. The number of hydrogen-bond acceptors (Lipinski definition) is 8. The molecule has 0 aliphatic carbocycles. The number of halogens is 1. The van der Waals surface area contributed by atoms with Crippen LogP contribution in [0.4, 0.5) is 11.8 Å². The Morgan fingerprint density at radius 3 is 2.80 bits per heavy atom. The van der Waals surface area contributed by atoms with Gasteiger partial charge in [-0.05, 0) is 6.92 Å². The summed E-state index contributed by atoms with van der Waals surface area (Å²) < 4.78 is 5.40. The molecule has 0 saturated heterocycles. The molecular weight excluding hydrogens is 346 g/mol. The van der Waals surface area contributed by atoms with Gasteiger partial charge in [0.2, 0.25) is 5.95 Å². The van der Waals surface area contributed by atoms with Gasteiger partial charge in [-0.25, -0.2) is 4.98 Å². The highest BCUT2D eigenvalue weighted by Crippen LogP contribution is 2.40. The van der Waals surface area contributed by atoms with E-state index in [0.29, 0.717) is 35.8 Å². The molecule has 9 heteroatoms. The zero-order chi connectivity index (χ0) is 18.1. The number of pyridine rings is 1. The van der Waals surface area contributed by atoms with Gasteiger partial charge in [-0.15, -0.1) is 0 Å². The van der Waals surface area contributed by atoms with Crippen molar-refractivity contribution >= 4 is 23.4 Å². The number of nitrogen functional groups attached to an aromatic ring is 1. The number of nitrogens with zero attached hydrogens (tertiary/aromatic N) is 4. The van der Waals surface area contributed by atoms with Gasteiger partial charge in [0.1, 0.15) is 16.7 Å². The van der Waals surface area contributed by atoms with E-state index in [0.717, 1.165) is 11.3 Å². The molecule has 0 radical (unpaired) electrons. The Balaban J connectivity index is 1.98. The van der Waals surface area contributed by atoms with E-state index < -0.39 is 0 Å². The summed E-state index contributed by atoms with van der Waals surface area (Å²) in [6.45, 7) is 2.67. The van der Waals surface area contributed by atoms with Gasteiger partial charge in [0, 0.05) is 35.3 Å². The number of aliphatic hydroxyl groups excluding tert-OH is 2. The van der Waals surface area contributed by atoms with Crippen LogP contribution in [0, 0.1) is 6.92 Å². The second kappa shape index (κ2) is 6.99. The lowest BCUT2D eigenvalue weighted by Crippen LogP contribution is -2.24. The summed E-state index contributed by atoms with van der Waals surface area (Å²) in [7, 11) is 1.56. The van der Waals surface area contributed by atoms with Crippen molar-refractivity contribution in [1.29, 1.82) is 0 Å². The van der Waals surface area contributed by atoms with Gasteiger partial charge in [-0.3, -0.25) is 4.98 Å². The van der Waals surface area contributed by atoms with Crippen molar-refractivity contribution in [3.8, 4) is 5.75 Å². The Labute approximate surface area is 150 Å². The second-order valence-electron chi connectivity index (χ2n) is 5.92. The summed E-state index contributed by atoms with van der Waals surface area (Å²) in [6.07, 6.45) is 1.60. The molecule has 3 heterocycles. The molecule has 0 saturated carbocycles. The Morgan fingerprint density at radius 1 is 1.40 bits per heavy atom. The average Bonchev–Trinajstić information content (AvgIpc) is 2.94. The molecule has 2 aromatic rings. The van der Waals surface area contributed by atoms with Crippen molar-refractivity contribution in [3.63, 3.8) is 0 Å². The first-order valence-corrected chi connectivity index (χ1v) is 8.18. The molecule has 1 aliphatic rings. The van der Waals surface area contributed by atoms with E-state index in [9.17, 15) is 10.2 Å². The zero-order valence-electron chi connectivity index (χ0n) is 14.0. The molecule has 0 spiro atoms. The molecule has 1 unspecified atom stereocenters. The van der Waals surface area contributed by atoms with Crippen LogP contribution in [0.15, 0.2) is 6.20 Å². The number of aliphatic hydroxyl groups is 2. The highest BCUT2D eigenvalue weighted by Gasteiger charge is 2.33. The molecule has 134 valence electrons. The summed E-state index contributed by atoms with van der Waals surface area (Å²) in [5, 5.41) is 19.3. The molecule has 25 heavy (non-hydrogen) atoms. The van der Waals surface area contributed by atoms with Crippen LogP contribution in [0.3, 0.4) is 0 Å². The quantitative estimate of drug-likeness (QED) is 0.672. The summed E-state index contributed by atoms with van der Waals surface area (Å²) in [6, 6.07) is 0. The monoisotopic (exact) mass is 365 g/mol. The minimum absolute atomic E-state index is 0.0598. The minimum Gasteiger partial charge on any atom is -0.496 e. The van der Waals surface area contributed by atoms with E-state index in [1.54, 1.807) is 13.3 Å². The molecule has 4 N–H and O–H groups in total. The molecule has 8 nitrogen and oxygen atoms in total. The first-order chi connectivity index (χ1) is 12.0. The van der Waals surface area contributed by atoms with Crippen LogP contribution in [-0.4, -0.2) is 45.4 Å². The predicted molar refractivity (Wildman–Crippen MR) is 93.8 cm³/mol. The number of aromatic nitrogens is 3. The number of nitrogens with two attached hydrogens (primary N) is 1. The van der Waals surface area contributed by atoms with Gasteiger partial charge in [0.25, 0.3) is 0 Å². The number of anilines is 2. The van der Waals surface area contributed by atoms with Crippen LogP contribution in [-0.2, 0) is 13.2 Å². The largest absolute Gasteiger partial charge is 0.496 e. The standard InChI is InChI=1S/C16H20ClN5O3/c1-8-11(19-3-9(6-23)13(8)25-2)5-22-4-10(7-24)12-14(17)20-16(18)21-15(12)22/h3,10,23-24H,4-7H2,1-2H3,(H2,18,20,21). The maximum atomic E-state index is 9.66. The van der Waals surface area contributed by atoms with Crippen LogP contribution in [0.2, 0.25) is 5.15 Å². The molecule has 0 fully saturated rings. The molecule has 0 amide bonds. The van der Waals surface area contributed by atoms with Gasteiger partial charge in [0.05, 0.1) is 32.6 Å². The SMILES string of the molecule is COc1c(CO)cnc(CN2CC(CO)c3c(Cl)nc(N)nc32)c1C. The van der Waals surface area contributed by atoms with E-state index in [-0.39, 0.29) is 30.2 Å². The van der Waals surface area contributed by atoms with Crippen molar-refractivity contribution in [2.45, 2.75) is 26.0 Å². The minimum atomic E-state index is -0.179. The van der Waals surface area contributed by atoms with Gasteiger partial charge >= 0.3 is 0 Å². The Bertz CT molecular complexity index is 802. The first-order valence-electron chi connectivity index (χ1n) is 7.81. The normalized spacial score (nSPS) is 16.2. The van der Waals surface area contributed by atoms with E-state index in [4.69, 9.17) is 22.1 Å². The Morgan fingerprint density at radius 2 is 2.16 bits per heavy atom. The van der Waals surface area contributed by atoms with E-state index in [2.05, 4.69) is 15.0 Å². The van der Waals surface area contributed by atoms with Crippen molar-refractivity contribution in [2.24, 2.45) is 0 Å². The first kappa shape index (κ1) is 17.7. The van der Waals surface area contributed by atoms with Crippen LogP contribution < -0.4 is 15.4 Å². The van der Waals surface area contributed by atoms with Crippen LogP contribution in [0.1, 0.15) is 28.3 Å². The lowest BCUT2D eigenvalue weighted by atomic mass is 10.1. The number of ether oxygens (including phenoxy) is 1. The van der Waals surface area contributed by atoms with Crippen LogP contribution in [0.5, 0.6) is 5.75 Å². The van der Waals surface area contributed by atoms with Crippen LogP contribution in [0.25, 0.3) is 0 Å². The fourth-order valence-corrected chi connectivity index (χ4v) is 3.52. The summed E-state index contributed by atoms with van der Waals surface area (Å²) in [5.74, 6) is 1.14. The fourth-order valence-electron chi connectivity index (χ4n) is 3.19. The van der Waals surface area contributed by atoms with Crippen LogP contribution >= 0.6 is 11.6 Å². The zero-order valence-corrected chi connectivity index (χ0v) is 14.8. The van der Waals surface area contributed by atoms with E-state index in [1.807, 2.05) is 11.8 Å². The third-order valence-corrected chi connectivity index (χ3v) is 4.71. The van der Waals surface area contributed by atoms with Crippen molar-refractivity contribution in [3.05, 3.63) is 33.7 Å². The molecule has 2 aromatic heterocycles. The Hall–Kier alpha value is -2.16. The smallest absolute Gasteiger partial charge is 0.223 e. The average molecular weight is 366 g/mol. The van der Waals surface area contributed by atoms with Gasteiger partial charge in [-0.2, -0.15) is 4.98 Å². The maximum absolute atomic E-state index is 9.66. The third-order valence-electron chi connectivity index (χ3n) is 4.42. The van der Waals surface area contributed by atoms with Crippen molar-refractivity contribution in [1.82, 2.24) is 15.0 Å². The lowest BCUT2D eigenvalue weighted by Gasteiger charge is -2.21. The number of methoxy groups -OCH3 is 1. The number of rotatable bonds is 5. The topological polar surface area (TPSA) is 118 Å². The number of fused-ring (bicyclic) bond motifs is 1. The van der Waals surface area contributed by atoms with E-state index >= 15 is 0 Å². The molecule has 1 atom stereocenters. The molecule has 3 rings (SSSR count). The summed E-state index contributed by atoms with van der Waals surface area (Å²) in [5.41, 5.74) is 8.69. The van der Waals surface area contributed by atoms with Gasteiger partial charge < -0.3 is 25.6 Å². The summed E-state index contributed by atoms with van der Waals surface area (Å²) >= 11 is 6.20. The van der Waals surface area contributed by atoms with Gasteiger partial charge in [-0.1, -0.05) is 11.6 Å². The summed E-state index contributed by atoms with van der Waals surface area (Å²) in [4.78, 5) is 14.7. The number of hydrogen-bond donors (Lipinski definition) is 3. The predicted octanol–water partition coefficient (Wildman–Crippen LogP) is 1.01. The van der Waals surface area contributed by atoms with Crippen molar-refractivity contribution < 1.29 is 14.9 Å². The Kier molecular flexibility index (Phi) is 4.94.